The van der Waals surface area contributed by atoms with E-state index >= 15 is 0 Å². The molecule has 0 saturated heterocycles. The van der Waals surface area contributed by atoms with Crippen LogP contribution in [0.2, 0.25) is 0 Å². The highest BCUT2D eigenvalue weighted by Gasteiger charge is 2.18. The highest BCUT2D eigenvalue weighted by molar-refractivity contribution is 8.00. The summed E-state index contributed by atoms with van der Waals surface area (Å²) in [5, 5.41) is 18.5. The molecule has 4 rings (SSSR count). The zero-order valence-corrected chi connectivity index (χ0v) is 22.0. The topological polar surface area (TPSA) is 144 Å². The summed E-state index contributed by atoms with van der Waals surface area (Å²) in [6, 6.07) is 24.3. The fourth-order valence-electron chi connectivity index (χ4n) is 3.47. The van der Waals surface area contributed by atoms with Crippen LogP contribution in [0.4, 0.5) is 17.1 Å². The number of amides is 3. The largest absolute Gasteiger partial charge is 0.465 e. The molecule has 0 radical (unpaired) electrons. The molecule has 0 fully saturated rings. The van der Waals surface area contributed by atoms with Crippen molar-refractivity contribution in [3.63, 3.8) is 0 Å². The quantitative estimate of drug-likeness (QED) is 0.0981. The third kappa shape index (κ3) is 7.68. The molecule has 0 aliphatic rings. The van der Waals surface area contributed by atoms with Gasteiger partial charge in [-0.2, -0.15) is 0 Å². The van der Waals surface area contributed by atoms with E-state index in [2.05, 4.69) is 16.0 Å². The average Bonchev–Trinajstić information content (AvgIpc) is 3.47. The second kappa shape index (κ2) is 13.1. The molecule has 4 aromatic rings. The van der Waals surface area contributed by atoms with Crippen LogP contribution >= 0.6 is 11.8 Å². The zero-order chi connectivity index (χ0) is 28.5. The third-order valence-electron chi connectivity index (χ3n) is 5.48. The van der Waals surface area contributed by atoms with Crippen molar-refractivity contribution in [2.45, 2.75) is 17.1 Å². The maximum Gasteiger partial charge on any atom is 0.272 e. The van der Waals surface area contributed by atoms with Gasteiger partial charge in [0.15, 0.2) is 0 Å². The molecule has 1 atom stereocenters. The molecular weight excluding hydrogens is 532 g/mol. The number of anilines is 2. The maximum absolute atomic E-state index is 13.2. The number of benzene rings is 3. The molecule has 1 heterocycles. The van der Waals surface area contributed by atoms with E-state index < -0.39 is 22.0 Å². The Morgan fingerprint density at radius 1 is 0.900 bits per heavy atom. The van der Waals surface area contributed by atoms with Gasteiger partial charge in [-0.3, -0.25) is 24.5 Å². The first-order valence-corrected chi connectivity index (χ1v) is 12.9. The van der Waals surface area contributed by atoms with Gasteiger partial charge in [-0.25, -0.2) is 0 Å². The summed E-state index contributed by atoms with van der Waals surface area (Å²) < 4.78 is 5.32. The van der Waals surface area contributed by atoms with E-state index in [1.54, 1.807) is 73.7 Å². The summed E-state index contributed by atoms with van der Waals surface area (Å²) in [6.07, 6.45) is 2.89. The second-order valence-corrected chi connectivity index (χ2v) is 9.84. The number of nitrogens with one attached hydrogen (secondary N) is 3. The second-order valence-electron chi connectivity index (χ2n) is 8.43. The molecule has 40 heavy (non-hydrogen) atoms. The van der Waals surface area contributed by atoms with Crippen molar-refractivity contribution in [2.75, 3.05) is 10.6 Å². The van der Waals surface area contributed by atoms with Crippen molar-refractivity contribution in [1.82, 2.24) is 5.32 Å². The van der Waals surface area contributed by atoms with Gasteiger partial charge in [0.1, 0.15) is 11.5 Å². The normalized spacial score (nSPS) is 11.8. The Morgan fingerprint density at radius 3 is 2.33 bits per heavy atom. The van der Waals surface area contributed by atoms with E-state index in [4.69, 9.17) is 4.42 Å². The standard InChI is InChI=1S/C29H24N4O6S/c1-19(27(34)30-21-12-14-23(15-13-21)33(37)38)40-25-11-5-9-22(17-25)31-29(36)26(18-24-10-6-16-39-24)32-28(35)20-7-3-2-4-8-20/h2-19H,1H3,(H,30,34)(H,31,36)(H,32,35)/b26-18-. The van der Waals surface area contributed by atoms with Crippen molar-refractivity contribution in [3.05, 3.63) is 124 Å². The Bertz CT molecular complexity index is 1540. The van der Waals surface area contributed by atoms with E-state index in [0.717, 1.165) is 0 Å². The summed E-state index contributed by atoms with van der Waals surface area (Å²) >= 11 is 1.27. The lowest BCUT2D eigenvalue weighted by Crippen LogP contribution is -2.30. The predicted molar refractivity (Wildman–Crippen MR) is 153 cm³/mol. The van der Waals surface area contributed by atoms with Gasteiger partial charge in [0.25, 0.3) is 17.5 Å². The monoisotopic (exact) mass is 556 g/mol. The highest BCUT2D eigenvalue weighted by Crippen LogP contribution is 2.27. The molecule has 0 aliphatic carbocycles. The van der Waals surface area contributed by atoms with Crippen molar-refractivity contribution < 1.29 is 23.7 Å². The van der Waals surface area contributed by atoms with Gasteiger partial charge in [-0.1, -0.05) is 24.3 Å². The first kappa shape index (κ1) is 27.9. The van der Waals surface area contributed by atoms with E-state index in [1.165, 1.54) is 48.4 Å². The Labute approximate surface area is 233 Å². The molecular formula is C29H24N4O6S. The molecule has 0 spiro atoms. The van der Waals surface area contributed by atoms with Gasteiger partial charge in [0, 0.05) is 40.0 Å². The lowest BCUT2D eigenvalue weighted by Gasteiger charge is -2.14. The molecule has 10 nitrogen and oxygen atoms in total. The summed E-state index contributed by atoms with van der Waals surface area (Å²) in [4.78, 5) is 49.6. The van der Waals surface area contributed by atoms with Crippen LogP contribution in [-0.2, 0) is 9.59 Å². The number of furan rings is 1. The van der Waals surface area contributed by atoms with Gasteiger partial charge in [0.05, 0.1) is 16.4 Å². The molecule has 1 unspecified atom stereocenters. The minimum Gasteiger partial charge on any atom is -0.465 e. The van der Waals surface area contributed by atoms with Gasteiger partial charge < -0.3 is 20.4 Å². The van der Waals surface area contributed by atoms with Crippen LogP contribution < -0.4 is 16.0 Å². The number of hydrogen-bond donors (Lipinski definition) is 3. The van der Waals surface area contributed by atoms with Crippen LogP contribution in [0.5, 0.6) is 0 Å². The summed E-state index contributed by atoms with van der Waals surface area (Å²) in [5.74, 6) is -0.922. The molecule has 0 saturated carbocycles. The molecule has 202 valence electrons. The number of non-ortho nitro benzene ring substituents is 1. The van der Waals surface area contributed by atoms with Crippen LogP contribution in [0, 0.1) is 10.1 Å². The van der Waals surface area contributed by atoms with E-state index in [-0.39, 0.29) is 17.3 Å². The lowest BCUT2D eigenvalue weighted by atomic mass is 10.2. The Balaban J connectivity index is 1.42. The number of rotatable bonds is 10. The molecule has 0 bridgehead atoms. The highest BCUT2D eigenvalue weighted by atomic mass is 32.2. The average molecular weight is 557 g/mol. The van der Waals surface area contributed by atoms with Crippen LogP contribution in [0.15, 0.2) is 112 Å². The minimum atomic E-state index is -0.563. The number of carbonyl (C=O) groups excluding carboxylic acids is 3. The first-order chi connectivity index (χ1) is 19.3. The van der Waals surface area contributed by atoms with Crippen molar-refractivity contribution in [1.29, 1.82) is 0 Å². The van der Waals surface area contributed by atoms with Crippen molar-refractivity contribution in [3.8, 4) is 0 Å². The molecule has 1 aromatic heterocycles. The Morgan fingerprint density at radius 2 is 1.65 bits per heavy atom. The van der Waals surface area contributed by atoms with Gasteiger partial charge >= 0.3 is 0 Å². The predicted octanol–water partition coefficient (Wildman–Crippen LogP) is 5.72. The molecule has 3 N–H and O–H groups in total. The number of nitro benzene ring substituents is 1. The van der Waals surface area contributed by atoms with E-state index in [0.29, 0.717) is 27.6 Å². The van der Waals surface area contributed by atoms with Crippen LogP contribution in [-0.4, -0.2) is 27.9 Å². The van der Waals surface area contributed by atoms with Crippen molar-refractivity contribution in [2.24, 2.45) is 0 Å². The number of nitro groups is 1. The number of hydrogen-bond acceptors (Lipinski definition) is 7. The SMILES string of the molecule is CC(Sc1cccc(NC(=O)/C(=C/c2ccco2)NC(=O)c2ccccc2)c1)C(=O)Nc1ccc([N+](=O)[O-])cc1. The smallest absolute Gasteiger partial charge is 0.272 e. The summed E-state index contributed by atoms with van der Waals surface area (Å²) in [7, 11) is 0. The molecule has 3 amide bonds. The van der Waals surface area contributed by atoms with Crippen LogP contribution in [0.3, 0.4) is 0 Å². The number of nitrogens with zero attached hydrogens (tertiary/aromatic N) is 1. The number of carbonyl (C=O) groups is 3. The maximum atomic E-state index is 13.2. The van der Waals surface area contributed by atoms with E-state index in [9.17, 15) is 24.5 Å². The molecule has 3 aromatic carbocycles. The van der Waals surface area contributed by atoms with Crippen molar-refractivity contribution >= 4 is 52.6 Å². The van der Waals surface area contributed by atoms with Crippen LogP contribution in [0.25, 0.3) is 6.08 Å². The molecule has 11 heteroatoms. The summed E-state index contributed by atoms with van der Waals surface area (Å²) in [6.45, 7) is 1.72. The summed E-state index contributed by atoms with van der Waals surface area (Å²) in [5.41, 5.74) is 1.20. The molecule has 0 aliphatic heterocycles. The van der Waals surface area contributed by atoms with E-state index in [1.807, 2.05) is 0 Å². The Hall–Kier alpha value is -5.16. The van der Waals surface area contributed by atoms with Gasteiger partial charge in [-0.05, 0) is 61.5 Å². The minimum absolute atomic E-state index is 0.0160. The van der Waals surface area contributed by atoms with Crippen LogP contribution in [0.1, 0.15) is 23.0 Å². The fourth-order valence-corrected chi connectivity index (χ4v) is 4.40. The Kier molecular flexibility index (Phi) is 9.11. The fraction of sp³-hybridized carbons (Fsp3) is 0.0690. The first-order valence-electron chi connectivity index (χ1n) is 12.0. The third-order valence-corrected chi connectivity index (χ3v) is 6.57. The zero-order valence-electron chi connectivity index (χ0n) is 21.2. The van der Waals surface area contributed by atoms with Gasteiger partial charge in [0.2, 0.25) is 5.91 Å². The number of thioether (sulfide) groups is 1. The van der Waals surface area contributed by atoms with Gasteiger partial charge in [-0.15, -0.1) is 11.8 Å². The lowest BCUT2D eigenvalue weighted by molar-refractivity contribution is -0.384.